The fourth-order valence-corrected chi connectivity index (χ4v) is 4.83. The Morgan fingerprint density at radius 1 is 1.35 bits per heavy atom. The van der Waals surface area contributed by atoms with Crippen LogP contribution in [0.3, 0.4) is 0 Å². The van der Waals surface area contributed by atoms with Gasteiger partial charge in [-0.1, -0.05) is 43.8 Å². The van der Waals surface area contributed by atoms with Crippen molar-refractivity contribution < 1.29 is 14.7 Å². The average molecular weight is 354 g/mol. The summed E-state index contributed by atoms with van der Waals surface area (Å²) in [5, 5.41) is 9.86. The number of nitrogens with zero attached hydrogens (tertiary/aromatic N) is 1. The number of benzene rings is 1. The summed E-state index contributed by atoms with van der Waals surface area (Å²) in [6.45, 7) is 5.65. The molecule has 1 N–H and O–H groups in total. The lowest BCUT2D eigenvalue weighted by Crippen LogP contribution is -2.47. The molecule has 0 bridgehead atoms. The first-order chi connectivity index (χ1) is 10.9. The van der Waals surface area contributed by atoms with Crippen LogP contribution in [-0.2, 0) is 4.79 Å². The molecule has 2 rings (SSSR count). The first-order valence-electron chi connectivity index (χ1n) is 7.77. The van der Waals surface area contributed by atoms with Gasteiger partial charge in [-0.25, -0.2) is 0 Å². The standard InChI is InChI=1S/C17H23NO3S2/c1-11(2)15-10-23-17(21)18(15)16(20)14(12(3)19)9-22-13-7-5-4-6-8-13/h4-8,11-12,14-15,19H,9-10H2,1-3H3/t12-,14+,15+/m1/s1. The quantitative estimate of drug-likeness (QED) is 0.793. The summed E-state index contributed by atoms with van der Waals surface area (Å²) in [6.07, 6.45) is -0.787. The van der Waals surface area contributed by atoms with Crippen LogP contribution in [0.2, 0.25) is 0 Å². The Balaban J connectivity index is 2.10. The van der Waals surface area contributed by atoms with E-state index in [4.69, 9.17) is 0 Å². The molecular formula is C17H23NO3S2. The SMILES string of the molecule is CC(C)[C@@H]1CSC(=O)N1C(=O)[C@@H](CSc1ccccc1)[C@@H](C)O. The number of amides is 2. The molecule has 0 spiro atoms. The molecule has 4 nitrogen and oxygen atoms in total. The minimum absolute atomic E-state index is 0.0806. The van der Waals surface area contributed by atoms with E-state index in [1.165, 1.54) is 28.4 Å². The van der Waals surface area contributed by atoms with E-state index in [0.717, 1.165) is 4.90 Å². The maximum absolute atomic E-state index is 12.9. The van der Waals surface area contributed by atoms with E-state index in [2.05, 4.69) is 0 Å². The maximum Gasteiger partial charge on any atom is 0.288 e. The van der Waals surface area contributed by atoms with Crippen LogP contribution >= 0.6 is 23.5 Å². The zero-order chi connectivity index (χ0) is 17.0. The molecule has 1 aliphatic heterocycles. The van der Waals surface area contributed by atoms with Crippen LogP contribution in [0.25, 0.3) is 0 Å². The summed E-state index contributed by atoms with van der Waals surface area (Å²) in [6, 6.07) is 9.69. The molecule has 1 aliphatic rings. The number of carbonyl (C=O) groups excluding carboxylic acids is 2. The highest BCUT2D eigenvalue weighted by molar-refractivity contribution is 8.14. The normalized spacial score (nSPS) is 20.8. The molecule has 23 heavy (non-hydrogen) atoms. The third-order valence-electron chi connectivity index (χ3n) is 3.99. The van der Waals surface area contributed by atoms with Crippen molar-refractivity contribution in [1.29, 1.82) is 0 Å². The summed E-state index contributed by atoms with van der Waals surface area (Å²) in [5.41, 5.74) is 0. The van der Waals surface area contributed by atoms with Crippen molar-refractivity contribution in [2.45, 2.75) is 37.8 Å². The number of thioether (sulfide) groups is 2. The molecule has 1 fully saturated rings. The summed E-state index contributed by atoms with van der Waals surface area (Å²) >= 11 is 2.72. The van der Waals surface area contributed by atoms with Crippen LogP contribution < -0.4 is 0 Å². The first-order valence-corrected chi connectivity index (χ1v) is 9.74. The highest BCUT2D eigenvalue weighted by atomic mass is 32.2. The summed E-state index contributed by atoms with van der Waals surface area (Å²) < 4.78 is 0. The second-order valence-corrected chi connectivity index (χ2v) is 8.13. The van der Waals surface area contributed by atoms with Gasteiger partial charge in [0.15, 0.2) is 0 Å². The third-order valence-corrected chi connectivity index (χ3v) is 6.07. The molecule has 1 aromatic rings. The van der Waals surface area contributed by atoms with Crippen LogP contribution in [0.15, 0.2) is 35.2 Å². The summed E-state index contributed by atoms with van der Waals surface area (Å²) in [7, 11) is 0. The van der Waals surface area contributed by atoms with Gasteiger partial charge in [0.05, 0.1) is 18.1 Å². The molecule has 0 radical (unpaired) electrons. The number of aliphatic hydroxyl groups is 1. The van der Waals surface area contributed by atoms with Crippen molar-refractivity contribution in [3.05, 3.63) is 30.3 Å². The minimum Gasteiger partial charge on any atom is -0.393 e. The number of hydrogen-bond acceptors (Lipinski definition) is 5. The lowest BCUT2D eigenvalue weighted by atomic mass is 10.00. The van der Waals surface area contributed by atoms with Gasteiger partial charge in [0, 0.05) is 16.4 Å². The van der Waals surface area contributed by atoms with Crippen molar-refractivity contribution in [1.82, 2.24) is 4.90 Å². The average Bonchev–Trinajstić information content (AvgIpc) is 2.90. The Kier molecular flexibility index (Phi) is 6.56. The van der Waals surface area contributed by atoms with Gasteiger partial charge in [0.1, 0.15) is 0 Å². The van der Waals surface area contributed by atoms with Crippen molar-refractivity contribution in [2.75, 3.05) is 11.5 Å². The lowest BCUT2D eigenvalue weighted by molar-refractivity contribution is -0.136. The largest absolute Gasteiger partial charge is 0.393 e. The van der Waals surface area contributed by atoms with E-state index in [1.807, 2.05) is 44.2 Å². The van der Waals surface area contributed by atoms with Gasteiger partial charge in [-0.3, -0.25) is 14.5 Å². The molecule has 1 aromatic carbocycles. The van der Waals surface area contributed by atoms with Crippen LogP contribution in [0.4, 0.5) is 4.79 Å². The van der Waals surface area contributed by atoms with E-state index < -0.39 is 12.0 Å². The summed E-state index contributed by atoms with van der Waals surface area (Å²) in [4.78, 5) is 27.4. The zero-order valence-corrected chi connectivity index (χ0v) is 15.3. The van der Waals surface area contributed by atoms with Crippen molar-refractivity contribution >= 4 is 34.7 Å². The fraction of sp³-hybridized carbons (Fsp3) is 0.529. The first kappa shape index (κ1) is 18.4. The highest BCUT2D eigenvalue weighted by Gasteiger charge is 2.42. The molecule has 2 amide bonds. The maximum atomic E-state index is 12.9. The predicted molar refractivity (Wildman–Crippen MR) is 95.7 cm³/mol. The Labute approximate surface area is 146 Å². The van der Waals surface area contributed by atoms with E-state index in [-0.39, 0.29) is 23.1 Å². The monoisotopic (exact) mass is 353 g/mol. The van der Waals surface area contributed by atoms with Gasteiger partial charge in [-0.05, 0) is 25.0 Å². The van der Waals surface area contributed by atoms with Crippen molar-refractivity contribution in [3.63, 3.8) is 0 Å². The number of carbonyl (C=O) groups is 2. The molecule has 1 heterocycles. The van der Waals surface area contributed by atoms with Crippen LogP contribution in [0.5, 0.6) is 0 Å². The fourth-order valence-electron chi connectivity index (χ4n) is 2.48. The van der Waals surface area contributed by atoms with Gasteiger partial charge in [0.2, 0.25) is 5.91 Å². The lowest BCUT2D eigenvalue weighted by Gasteiger charge is -2.29. The van der Waals surface area contributed by atoms with Crippen LogP contribution in [0.1, 0.15) is 20.8 Å². The number of hydrogen-bond donors (Lipinski definition) is 1. The second kappa shape index (κ2) is 8.22. The zero-order valence-electron chi connectivity index (χ0n) is 13.6. The van der Waals surface area contributed by atoms with Crippen LogP contribution in [0, 0.1) is 11.8 Å². The van der Waals surface area contributed by atoms with Gasteiger partial charge in [-0.2, -0.15) is 0 Å². The molecule has 0 unspecified atom stereocenters. The smallest absolute Gasteiger partial charge is 0.288 e. The topological polar surface area (TPSA) is 57.6 Å². The number of aliphatic hydroxyl groups excluding tert-OH is 1. The van der Waals surface area contributed by atoms with Crippen LogP contribution in [-0.4, -0.2) is 44.8 Å². The summed E-state index contributed by atoms with van der Waals surface area (Å²) in [5.74, 6) is 0.482. The van der Waals surface area contributed by atoms with E-state index >= 15 is 0 Å². The van der Waals surface area contributed by atoms with Gasteiger partial charge < -0.3 is 5.11 Å². The molecule has 6 heteroatoms. The molecule has 126 valence electrons. The Morgan fingerprint density at radius 2 is 2.00 bits per heavy atom. The highest BCUT2D eigenvalue weighted by Crippen LogP contribution is 2.32. The number of imide groups is 1. The third kappa shape index (κ3) is 4.52. The van der Waals surface area contributed by atoms with E-state index in [1.54, 1.807) is 6.92 Å². The van der Waals surface area contributed by atoms with E-state index in [0.29, 0.717) is 11.5 Å². The minimum atomic E-state index is -0.787. The Bertz CT molecular complexity index is 548. The molecule has 1 saturated heterocycles. The van der Waals surface area contributed by atoms with Gasteiger partial charge in [0.25, 0.3) is 5.24 Å². The Morgan fingerprint density at radius 3 is 2.57 bits per heavy atom. The van der Waals surface area contributed by atoms with E-state index in [9.17, 15) is 14.7 Å². The molecule has 0 aromatic heterocycles. The molecule has 0 aliphatic carbocycles. The molecule has 0 saturated carbocycles. The Hall–Kier alpha value is -0.980. The van der Waals surface area contributed by atoms with Crippen molar-refractivity contribution in [2.24, 2.45) is 11.8 Å². The predicted octanol–water partition coefficient (Wildman–Crippen LogP) is 3.50. The molecule has 3 atom stereocenters. The second-order valence-electron chi connectivity index (χ2n) is 6.07. The number of rotatable bonds is 6. The van der Waals surface area contributed by atoms with Gasteiger partial charge >= 0.3 is 0 Å². The molecular weight excluding hydrogens is 330 g/mol. The van der Waals surface area contributed by atoms with Gasteiger partial charge in [-0.15, -0.1) is 11.8 Å². The van der Waals surface area contributed by atoms with Crippen molar-refractivity contribution in [3.8, 4) is 0 Å².